The van der Waals surface area contributed by atoms with Crippen molar-refractivity contribution in [2.45, 2.75) is 43.8 Å². The number of rotatable bonds is 2. The highest BCUT2D eigenvalue weighted by atomic mass is 16.5. The third-order valence-electron chi connectivity index (χ3n) is 3.99. The van der Waals surface area contributed by atoms with Crippen molar-refractivity contribution < 1.29 is 9.84 Å². The van der Waals surface area contributed by atoms with Gasteiger partial charge in [-0.05, 0) is 12.8 Å². The fourth-order valence-corrected chi connectivity index (χ4v) is 2.94. The van der Waals surface area contributed by atoms with E-state index in [4.69, 9.17) is 11.2 Å². The minimum absolute atomic E-state index is 0.00806. The lowest BCUT2D eigenvalue weighted by atomic mass is 9.44. The van der Waals surface area contributed by atoms with E-state index in [-0.39, 0.29) is 11.5 Å². The van der Waals surface area contributed by atoms with Gasteiger partial charge in [0.1, 0.15) is 0 Å². The van der Waals surface area contributed by atoms with Gasteiger partial charge in [-0.25, -0.2) is 0 Å². The van der Waals surface area contributed by atoms with Crippen LogP contribution in [-0.2, 0) is 4.74 Å². The van der Waals surface area contributed by atoms with Crippen molar-refractivity contribution in [3.63, 3.8) is 0 Å². The average molecular weight is 180 g/mol. The maximum absolute atomic E-state index is 10.3. The van der Waals surface area contributed by atoms with Gasteiger partial charge in [-0.3, -0.25) is 0 Å². The standard InChI is InChI=1S/C11H16O2/c1-3-5-11(12)8-9(13-2)10(11)6-4-7-10/h1,9,12H,4-8H2,2H3. The molecule has 0 aromatic carbocycles. The fourth-order valence-electron chi connectivity index (χ4n) is 2.94. The van der Waals surface area contributed by atoms with Crippen molar-refractivity contribution in [1.29, 1.82) is 0 Å². The van der Waals surface area contributed by atoms with Crippen molar-refractivity contribution >= 4 is 0 Å². The molecule has 1 N–H and O–H groups in total. The maximum Gasteiger partial charge on any atom is 0.0861 e. The Balaban J connectivity index is 2.13. The first-order valence-electron chi connectivity index (χ1n) is 4.87. The second-order valence-corrected chi connectivity index (χ2v) is 4.35. The summed E-state index contributed by atoms with van der Waals surface area (Å²) in [4.78, 5) is 0. The molecule has 0 saturated heterocycles. The van der Waals surface area contributed by atoms with Crippen LogP contribution in [0.4, 0.5) is 0 Å². The largest absolute Gasteiger partial charge is 0.388 e. The van der Waals surface area contributed by atoms with Crippen molar-refractivity contribution in [3.8, 4) is 12.3 Å². The highest BCUT2D eigenvalue weighted by molar-refractivity contribution is 5.20. The van der Waals surface area contributed by atoms with E-state index in [9.17, 15) is 5.11 Å². The van der Waals surface area contributed by atoms with Gasteiger partial charge in [0.2, 0.25) is 0 Å². The molecule has 0 amide bonds. The lowest BCUT2D eigenvalue weighted by Crippen LogP contribution is -2.70. The molecule has 0 aromatic heterocycles. The number of ether oxygens (including phenoxy) is 1. The first-order valence-corrected chi connectivity index (χ1v) is 4.87. The van der Waals surface area contributed by atoms with Crippen molar-refractivity contribution in [2.75, 3.05) is 7.11 Å². The van der Waals surface area contributed by atoms with E-state index in [2.05, 4.69) is 5.92 Å². The van der Waals surface area contributed by atoms with Crippen LogP contribution in [0.2, 0.25) is 0 Å². The minimum atomic E-state index is -0.624. The molecule has 1 spiro atoms. The number of hydrogen-bond acceptors (Lipinski definition) is 2. The fraction of sp³-hybridized carbons (Fsp3) is 0.818. The topological polar surface area (TPSA) is 29.5 Å². The van der Waals surface area contributed by atoms with Crippen LogP contribution >= 0.6 is 0 Å². The van der Waals surface area contributed by atoms with Gasteiger partial charge in [0.05, 0.1) is 11.7 Å². The van der Waals surface area contributed by atoms with E-state index in [0.717, 1.165) is 12.8 Å². The number of aliphatic hydroxyl groups is 1. The van der Waals surface area contributed by atoms with Crippen molar-refractivity contribution in [1.82, 2.24) is 0 Å². The predicted octanol–water partition coefficient (Wildman–Crippen LogP) is 1.33. The summed E-state index contributed by atoms with van der Waals surface area (Å²) in [6.07, 6.45) is 10.0. The van der Waals surface area contributed by atoms with Gasteiger partial charge in [0, 0.05) is 25.4 Å². The Labute approximate surface area is 79.3 Å². The number of methoxy groups -OCH3 is 1. The number of terminal acetylenes is 1. The summed E-state index contributed by atoms with van der Waals surface area (Å²) in [6, 6.07) is 0. The second kappa shape index (κ2) is 2.73. The monoisotopic (exact) mass is 180 g/mol. The van der Waals surface area contributed by atoms with E-state index in [1.165, 1.54) is 6.42 Å². The van der Waals surface area contributed by atoms with Crippen LogP contribution in [0.5, 0.6) is 0 Å². The zero-order chi connectivity index (χ0) is 9.53. The molecule has 2 atom stereocenters. The molecule has 0 heterocycles. The summed E-state index contributed by atoms with van der Waals surface area (Å²) in [5.41, 5.74) is -0.616. The van der Waals surface area contributed by atoms with E-state index in [1.807, 2.05) is 0 Å². The first kappa shape index (κ1) is 9.05. The lowest BCUT2D eigenvalue weighted by Gasteiger charge is -2.65. The Hall–Kier alpha value is -0.520. The SMILES string of the molecule is C#CCC1(O)CC(OC)C12CCC2. The van der Waals surface area contributed by atoms with Gasteiger partial charge < -0.3 is 9.84 Å². The normalized spacial score (nSPS) is 40.5. The average Bonchev–Trinajstić information content (AvgIpc) is 1.97. The Bertz CT molecular complexity index is 249. The predicted molar refractivity (Wildman–Crippen MR) is 50.1 cm³/mol. The molecule has 2 saturated carbocycles. The van der Waals surface area contributed by atoms with Crippen LogP contribution in [0.3, 0.4) is 0 Å². The molecule has 0 aliphatic heterocycles. The minimum Gasteiger partial charge on any atom is -0.388 e. The molecule has 0 radical (unpaired) electrons. The van der Waals surface area contributed by atoms with E-state index >= 15 is 0 Å². The number of hydrogen-bond donors (Lipinski definition) is 1. The van der Waals surface area contributed by atoms with Crippen molar-refractivity contribution in [2.24, 2.45) is 5.41 Å². The van der Waals surface area contributed by atoms with Crippen LogP contribution in [0.1, 0.15) is 32.1 Å². The third-order valence-corrected chi connectivity index (χ3v) is 3.99. The molecular formula is C11H16O2. The third kappa shape index (κ3) is 0.920. The molecule has 2 nitrogen and oxygen atoms in total. The van der Waals surface area contributed by atoms with Gasteiger partial charge in [0.25, 0.3) is 0 Å². The zero-order valence-electron chi connectivity index (χ0n) is 8.05. The molecule has 2 rings (SSSR count). The molecule has 2 aliphatic carbocycles. The van der Waals surface area contributed by atoms with Gasteiger partial charge in [-0.15, -0.1) is 12.3 Å². The van der Waals surface area contributed by atoms with Crippen LogP contribution in [-0.4, -0.2) is 23.9 Å². The molecule has 2 aliphatic rings. The molecule has 2 fully saturated rings. The molecule has 0 bridgehead atoms. The molecule has 2 unspecified atom stereocenters. The highest BCUT2D eigenvalue weighted by Crippen LogP contribution is 2.64. The van der Waals surface area contributed by atoms with Crippen LogP contribution in [0, 0.1) is 17.8 Å². The summed E-state index contributed by atoms with van der Waals surface area (Å²) in [5, 5.41) is 10.3. The van der Waals surface area contributed by atoms with Crippen molar-refractivity contribution in [3.05, 3.63) is 0 Å². The van der Waals surface area contributed by atoms with Crippen LogP contribution < -0.4 is 0 Å². The second-order valence-electron chi connectivity index (χ2n) is 4.35. The molecule has 0 aromatic rings. The Morgan fingerprint density at radius 3 is 2.69 bits per heavy atom. The van der Waals surface area contributed by atoms with Gasteiger partial charge in [-0.2, -0.15) is 0 Å². The first-order chi connectivity index (χ1) is 6.18. The summed E-state index contributed by atoms with van der Waals surface area (Å²) >= 11 is 0. The van der Waals surface area contributed by atoms with Gasteiger partial charge in [0.15, 0.2) is 0 Å². The summed E-state index contributed by atoms with van der Waals surface area (Å²) in [6.45, 7) is 0. The summed E-state index contributed by atoms with van der Waals surface area (Å²) in [7, 11) is 1.72. The molecule has 13 heavy (non-hydrogen) atoms. The smallest absolute Gasteiger partial charge is 0.0861 e. The summed E-state index contributed by atoms with van der Waals surface area (Å²) < 4.78 is 5.36. The highest BCUT2D eigenvalue weighted by Gasteiger charge is 2.67. The van der Waals surface area contributed by atoms with Gasteiger partial charge in [-0.1, -0.05) is 6.42 Å². The Morgan fingerprint density at radius 1 is 1.62 bits per heavy atom. The molecule has 72 valence electrons. The van der Waals surface area contributed by atoms with E-state index in [0.29, 0.717) is 12.8 Å². The zero-order valence-corrected chi connectivity index (χ0v) is 8.05. The van der Waals surface area contributed by atoms with Gasteiger partial charge >= 0.3 is 0 Å². The van der Waals surface area contributed by atoms with E-state index < -0.39 is 5.60 Å². The molecular weight excluding hydrogens is 164 g/mol. The lowest BCUT2D eigenvalue weighted by molar-refractivity contribution is -0.279. The summed E-state index contributed by atoms with van der Waals surface area (Å²) in [5.74, 6) is 2.57. The Morgan fingerprint density at radius 2 is 2.31 bits per heavy atom. The quantitative estimate of drug-likeness (QED) is 0.650. The van der Waals surface area contributed by atoms with Crippen LogP contribution in [0.15, 0.2) is 0 Å². The Kier molecular flexibility index (Phi) is 1.90. The molecule has 2 heteroatoms. The maximum atomic E-state index is 10.3. The van der Waals surface area contributed by atoms with Crippen LogP contribution in [0.25, 0.3) is 0 Å². The van der Waals surface area contributed by atoms with E-state index in [1.54, 1.807) is 7.11 Å².